The quantitative estimate of drug-likeness (QED) is 0.583. The van der Waals surface area contributed by atoms with Crippen molar-refractivity contribution < 1.29 is 14.0 Å². The van der Waals surface area contributed by atoms with Crippen LogP contribution in [0.15, 0.2) is 54.6 Å². The molecule has 0 heterocycles. The summed E-state index contributed by atoms with van der Waals surface area (Å²) in [4.78, 5) is 23.6. The molecule has 0 aliphatic rings. The Morgan fingerprint density at radius 2 is 1.41 bits per heavy atom. The molecule has 2 amide bonds. The summed E-state index contributed by atoms with van der Waals surface area (Å²) in [5.41, 5.74) is 5.48. The van der Waals surface area contributed by atoms with Gasteiger partial charge in [0, 0.05) is 11.1 Å². The van der Waals surface area contributed by atoms with Gasteiger partial charge in [-0.15, -0.1) is 0 Å². The summed E-state index contributed by atoms with van der Waals surface area (Å²) in [6.07, 6.45) is 0. The normalized spacial score (nSPS) is 9.68. The van der Waals surface area contributed by atoms with Crippen molar-refractivity contribution in [2.24, 2.45) is 0 Å². The minimum Gasteiger partial charge on any atom is -0.298 e. The summed E-state index contributed by atoms with van der Waals surface area (Å²) in [5, 5.41) is 2.30. The van der Waals surface area contributed by atoms with Gasteiger partial charge in [-0.2, -0.15) is 0 Å². The van der Waals surface area contributed by atoms with E-state index in [9.17, 15) is 14.0 Å². The Bertz CT molecular complexity index is 690. The lowest BCUT2D eigenvalue weighted by Crippen LogP contribution is -2.48. The molecule has 22 heavy (non-hydrogen) atoms. The fraction of sp³-hybridized carbons (Fsp3) is 0. The Morgan fingerprint density at radius 1 is 0.818 bits per heavy atom. The average Bonchev–Trinajstić information content (AvgIpc) is 2.54. The van der Waals surface area contributed by atoms with E-state index >= 15 is 0 Å². The first-order valence-electron chi connectivity index (χ1n) is 6.28. The third kappa shape index (κ3) is 4.35. The number of hydrazine groups is 1. The van der Waals surface area contributed by atoms with Crippen molar-refractivity contribution in [2.75, 3.05) is 0 Å². The summed E-state index contributed by atoms with van der Waals surface area (Å²) in [6, 6.07) is 13.5. The Morgan fingerprint density at radius 3 is 2.05 bits per heavy atom. The van der Waals surface area contributed by atoms with Crippen molar-refractivity contribution >= 4 is 29.1 Å². The number of hydrogen-bond acceptors (Lipinski definition) is 3. The van der Waals surface area contributed by atoms with E-state index in [1.165, 1.54) is 24.3 Å². The predicted octanol–water partition coefficient (Wildman–Crippen LogP) is 1.77. The zero-order valence-electron chi connectivity index (χ0n) is 11.3. The van der Waals surface area contributed by atoms with Crippen LogP contribution in [0.3, 0.4) is 0 Å². The highest BCUT2D eigenvalue weighted by atomic mass is 32.1. The van der Waals surface area contributed by atoms with Gasteiger partial charge in [0.15, 0.2) is 5.11 Å². The molecule has 2 aromatic rings. The minimum absolute atomic E-state index is 0.0707. The van der Waals surface area contributed by atoms with Crippen LogP contribution >= 0.6 is 12.2 Å². The van der Waals surface area contributed by atoms with Gasteiger partial charge < -0.3 is 0 Å². The predicted molar refractivity (Wildman–Crippen MR) is 83.5 cm³/mol. The molecular weight excluding hydrogens is 305 g/mol. The lowest BCUT2D eigenvalue weighted by Gasteiger charge is -2.10. The topological polar surface area (TPSA) is 70.2 Å². The summed E-state index contributed by atoms with van der Waals surface area (Å²) in [7, 11) is 0. The Labute approximate surface area is 131 Å². The summed E-state index contributed by atoms with van der Waals surface area (Å²) in [5.74, 6) is -1.34. The number of carbonyl (C=O) groups is 2. The molecule has 0 fully saturated rings. The standard InChI is InChI=1S/C15H12FN3O2S/c16-12-8-6-11(7-9-12)13(20)17-15(22)19-18-14(21)10-4-2-1-3-5-10/h1-9H,(H,18,21)(H2,17,19,20,22). The molecule has 112 valence electrons. The number of halogens is 1. The zero-order valence-corrected chi connectivity index (χ0v) is 12.1. The highest BCUT2D eigenvalue weighted by molar-refractivity contribution is 7.80. The Balaban J connectivity index is 1.84. The minimum atomic E-state index is -0.508. The molecular formula is C15H12FN3O2S. The highest BCUT2D eigenvalue weighted by Gasteiger charge is 2.09. The van der Waals surface area contributed by atoms with Gasteiger partial charge in [-0.1, -0.05) is 18.2 Å². The first-order chi connectivity index (χ1) is 10.6. The van der Waals surface area contributed by atoms with Crippen LogP contribution in [0, 0.1) is 5.82 Å². The molecule has 0 aromatic heterocycles. The molecule has 0 atom stereocenters. The van der Waals surface area contributed by atoms with Crippen molar-refractivity contribution in [3.05, 3.63) is 71.5 Å². The fourth-order valence-corrected chi connectivity index (χ4v) is 1.73. The van der Waals surface area contributed by atoms with Gasteiger partial charge in [0.2, 0.25) is 0 Å². The largest absolute Gasteiger partial charge is 0.298 e. The van der Waals surface area contributed by atoms with Gasteiger partial charge in [-0.25, -0.2) is 4.39 Å². The van der Waals surface area contributed by atoms with Gasteiger partial charge in [-0.3, -0.25) is 25.8 Å². The molecule has 0 aliphatic carbocycles. The van der Waals surface area contributed by atoms with E-state index in [1.54, 1.807) is 30.3 Å². The molecule has 0 radical (unpaired) electrons. The first-order valence-corrected chi connectivity index (χ1v) is 6.69. The van der Waals surface area contributed by atoms with E-state index in [0.29, 0.717) is 5.56 Å². The van der Waals surface area contributed by atoms with Crippen molar-refractivity contribution in [3.8, 4) is 0 Å². The van der Waals surface area contributed by atoms with Crippen LogP contribution < -0.4 is 16.2 Å². The van der Waals surface area contributed by atoms with Crippen LogP contribution in [-0.2, 0) is 0 Å². The van der Waals surface area contributed by atoms with Crippen molar-refractivity contribution in [1.82, 2.24) is 16.2 Å². The average molecular weight is 317 g/mol. The maximum absolute atomic E-state index is 12.8. The second kappa shape index (κ2) is 7.28. The van der Waals surface area contributed by atoms with E-state index in [2.05, 4.69) is 16.2 Å². The number of hydrogen-bond donors (Lipinski definition) is 3. The molecule has 3 N–H and O–H groups in total. The molecule has 2 rings (SSSR count). The third-order valence-corrected chi connectivity index (χ3v) is 2.86. The van der Waals surface area contributed by atoms with Crippen molar-refractivity contribution in [1.29, 1.82) is 0 Å². The molecule has 2 aromatic carbocycles. The maximum atomic E-state index is 12.8. The SMILES string of the molecule is O=C(NNC(=S)NC(=O)c1ccc(F)cc1)c1ccccc1. The van der Waals surface area contributed by atoms with Crippen LogP contribution in [0.5, 0.6) is 0 Å². The van der Waals surface area contributed by atoms with Crippen LogP contribution in [0.25, 0.3) is 0 Å². The lowest BCUT2D eigenvalue weighted by molar-refractivity contribution is 0.0934. The number of carbonyl (C=O) groups excluding carboxylic acids is 2. The van der Waals surface area contributed by atoms with Crippen molar-refractivity contribution in [2.45, 2.75) is 0 Å². The summed E-state index contributed by atoms with van der Waals surface area (Å²) < 4.78 is 12.8. The van der Waals surface area contributed by atoms with Gasteiger partial charge in [0.25, 0.3) is 11.8 Å². The fourth-order valence-electron chi connectivity index (χ4n) is 1.58. The number of thiocarbonyl (C=S) groups is 1. The molecule has 0 saturated heterocycles. The second-order valence-corrected chi connectivity index (χ2v) is 4.64. The number of benzene rings is 2. The molecule has 5 nitrogen and oxygen atoms in total. The monoisotopic (exact) mass is 317 g/mol. The van der Waals surface area contributed by atoms with E-state index in [-0.39, 0.29) is 16.6 Å². The zero-order chi connectivity index (χ0) is 15.9. The number of rotatable bonds is 2. The number of nitrogens with one attached hydrogen (secondary N) is 3. The molecule has 0 unspecified atom stereocenters. The first kappa shape index (κ1) is 15.6. The van der Waals surface area contributed by atoms with E-state index in [4.69, 9.17) is 12.2 Å². The molecule has 0 bridgehead atoms. The summed E-state index contributed by atoms with van der Waals surface area (Å²) in [6.45, 7) is 0. The Hall–Kier alpha value is -2.80. The van der Waals surface area contributed by atoms with E-state index < -0.39 is 11.7 Å². The second-order valence-electron chi connectivity index (χ2n) is 4.24. The van der Waals surface area contributed by atoms with E-state index in [1.807, 2.05) is 0 Å². The molecule has 7 heteroatoms. The highest BCUT2D eigenvalue weighted by Crippen LogP contribution is 2.02. The molecule has 0 spiro atoms. The molecule has 0 aliphatic heterocycles. The smallest absolute Gasteiger partial charge is 0.269 e. The van der Waals surface area contributed by atoms with E-state index in [0.717, 1.165) is 0 Å². The van der Waals surface area contributed by atoms with Crippen LogP contribution in [-0.4, -0.2) is 16.9 Å². The van der Waals surface area contributed by atoms with Crippen molar-refractivity contribution in [3.63, 3.8) is 0 Å². The summed E-state index contributed by atoms with van der Waals surface area (Å²) >= 11 is 4.89. The Kier molecular flexibility index (Phi) is 5.16. The third-order valence-electron chi connectivity index (χ3n) is 2.66. The lowest BCUT2D eigenvalue weighted by atomic mass is 10.2. The van der Waals surface area contributed by atoms with Crippen LogP contribution in [0.1, 0.15) is 20.7 Å². The van der Waals surface area contributed by atoms with Crippen LogP contribution in [0.4, 0.5) is 4.39 Å². The van der Waals surface area contributed by atoms with Gasteiger partial charge in [-0.05, 0) is 48.6 Å². The maximum Gasteiger partial charge on any atom is 0.269 e. The van der Waals surface area contributed by atoms with Gasteiger partial charge >= 0.3 is 0 Å². The number of amides is 2. The van der Waals surface area contributed by atoms with Gasteiger partial charge in [0.1, 0.15) is 5.82 Å². The van der Waals surface area contributed by atoms with Gasteiger partial charge in [0.05, 0.1) is 0 Å². The molecule has 0 saturated carbocycles. The van der Waals surface area contributed by atoms with Crippen LogP contribution in [0.2, 0.25) is 0 Å².